The number of hydrogen-bond donors (Lipinski definition) is 0. The standard InChI is InChI=1S/C12H11BrN2/c1-8-3-9(2)5-10(4-8)11-6-14-7-15-12(11)13/h3-7H,1-2H3. The zero-order chi connectivity index (χ0) is 10.8. The summed E-state index contributed by atoms with van der Waals surface area (Å²) in [6.45, 7) is 4.18. The molecule has 1 aromatic heterocycles. The minimum atomic E-state index is 0.836. The van der Waals surface area contributed by atoms with Gasteiger partial charge in [-0.05, 0) is 35.3 Å². The number of nitrogens with zero attached hydrogens (tertiary/aromatic N) is 2. The van der Waals surface area contributed by atoms with E-state index in [9.17, 15) is 0 Å². The average Bonchev–Trinajstić information content (AvgIpc) is 2.16. The van der Waals surface area contributed by atoms with Gasteiger partial charge in [-0.25, -0.2) is 9.97 Å². The van der Waals surface area contributed by atoms with E-state index in [1.165, 1.54) is 17.5 Å². The van der Waals surface area contributed by atoms with Gasteiger partial charge in [0.2, 0.25) is 0 Å². The number of aromatic nitrogens is 2. The second-order valence-electron chi connectivity index (χ2n) is 3.60. The summed E-state index contributed by atoms with van der Waals surface area (Å²) in [5.74, 6) is 0. The minimum absolute atomic E-state index is 0.836. The SMILES string of the molecule is Cc1cc(C)cc(-c2cncnc2Br)c1. The Bertz CT molecular complexity index is 474. The molecule has 0 fully saturated rings. The normalized spacial score (nSPS) is 10.3. The molecule has 0 spiro atoms. The van der Waals surface area contributed by atoms with Crippen molar-refractivity contribution in [1.29, 1.82) is 0 Å². The van der Waals surface area contributed by atoms with Crippen LogP contribution in [0.25, 0.3) is 11.1 Å². The van der Waals surface area contributed by atoms with E-state index >= 15 is 0 Å². The summed E-state index contributed by atoms with van der Waals surface area (Å²) in [6.07, 6.45) is 3.36. The Labute approximate surface area is 97.5 Å². The summed E-state index contributed by atoms with van der Waals surface area (Å²) in [5, 5.41) is 0. The first-order chi connectivity index (χ1) is 7.16. The third-order valence-electron chi connectivity index (χ3n) is 2.20. The quantitative estimate of drug-likeness (QED) is 0.735. The van der Waals surface area contributed by atoms with E-state index in [1.807, 2.05) is 6.20 Å². The third kappa shape index (κ3) is 2.23. The van der Waals surface area contributed by atoms with Crippen LogP contribution in [0.4, 0.5) is 0 Å². The first kappa shape index (κ1) is 10.3. The first-order valence-corrected chi connectivity index (χ1v) is 5.50. The lowest BCUT2D eigenvalue weighted by Crippen LogP contribution is -1.87. The van der Waals surface area contributed by atoms with Crippen molar-refractivity contribution < 1.29 is 0 Å². The van der Waals surface area contributed by atoms with Crippen molar-refractivity contribution in [1.82, 2.24) is 9.97 Å². The van der Waals surface area contributed by atoms with E-state index < -0.39 is 0 Å². The van der Waals surface area contributed by atoms with Gasteiger partial charge in [-0.2, -0.15) is 0 Å². The van der Waals surface area contributed by atoms with Gasteiger partial charge in [-0.1, -0.05) is 29.3 Å². The van der Waals surface area contributed by atoms with Crippen LogP contribution in [0.5, 0.6) is 0 Å². The topological polar surface area (TPSA) is 25.8 Å². The second-order valence-corrected chi connectivity index (χ2v) is 4.35. The Balaban J connectivity index is 2.59. The van der Waals surface area contributed by atoms with Crippen LogP contribution in [0.3, 0.4) is 0 Å². The van der Waals surface area contributed by atoms with Crippen LogP contribution in [-0.4, -0.2) is 9.97 Å². The summed E-state index contributed by atoms with van der Waals surface area (Å²) < 4.78 is 0.836. The maximum Gasteiger partial charge on any atom is 0.117 e. The molecule has 2 aromatic rings. The summed E-state index contributed by atoms with van der Waals surface area (Å²) >= 11 is 3.43. The van der Waals surface area contributed by atoms with Gasteiger partial charge in [0.15, 0.2) is 0 Å². The van der Waals surface area contributed by atoms with Gasteiger partial charge in [-0.3, -0.25) is 0 Å². The molecular weight excluding hydrogens is 252 g/mol. The average molecular weight is 263 g/mol. The third-order valence-corrected chi connectivity index (χ3v) is 2.83. The van der Waals surface area contributed by atoms with Crippen LogP contribution >= 0.6 is 15.9 Å². The molecule has 15 heavy (non-hydrogen) atoms. The lowest BCUT2D eigenvalue weighted by molar-refractivity contribution is 1.14. The lowest BCUT2D eigenvalue weighted by Gasteiger charge is -2.05. The Morgan fingerprint density at radius 2 is 1.73 bits per heavy atom. The molecule has 0 N–H and O–H groups in total. The molecule has 2 rings (SSSR count). The highest BCUT2D eigenvalue weighted by Crippen LogP contribution is 2.26. The highest BCUT2D eigenvalue weighted by molar-refractivity contribution is 9.10. The summed E-state index contributed by atoms with van der Waals surface area (Å²) in [7, 11) is 0. The highest BCUT2D eigenvalue weighted by Gasteiger charge is 2.04. The van der Waals surface area contributed by atoms with Crippen molar-refractivity contribution in [2.24, 2.45) is 0 Å². The molecule has 0 aliphatic heterocycles. The van der Waals surface area contributed by atoms with Gasteiger partial charge in [0, 0.05) is 11.8 Å². The highest BCUT2D eigenvalue weighted by atomic mass is 79.9. The van der Waals surface area contributed by atoms with Crippen LogP contribution in [0, 0.1) is 13.8 Å². The zero-order valence-electron chi connectivity index (χ0n) is 8.66. The maximum absolute atomic E-state index is 4.12. The molecule has 0 unspecified atom stereocenters. The molecule has 0 saturated heterocycles. The van der Waals surface area contributed by atoms with Gasteiger partial charge >= 0.3 is 0 Å². The molecule has 0 atom stereocenters. The van der Waals surface area contributed by atoms with Gasteiger partial charge < -0.3 is 0 Å². The zero-order valence-corrected chi connectivity index (χ0v) is 10.2. The van der Waals surface area contributed by atoms with E-state index in [-0.39, 0.29) is 0 Å². The Morgan fingerprint density at radius 1 is 1.07 bits per heavy atom. The van der Waals surface area contributed by atoms with Crippen molar-refractivity contribution in [3.8, 4) is 11.1 Å². The Hall–Kier alpha value is -1.22. The van der Waals surface area contributed by atoms with Crippen molar-refractivity contribution in [3.63, 3.8) is 0 Å². The Morgan fingerprint density at radius 3 is 2.33 bits per heavy atom. The maximum atomic E-state index is 4.12. The van der Waals surface area contributed by atoms with E-state index in [0.717, 1.165) is 15.7 Å². The van der Waals surface area contributed by atoms with Crippen LogP contribution in [0.2, 0.25) is 0 Å². The van der Waals surface area contributed by atoms with Crippen molar-refractivity contribution in [2.75, 3.05) is 0 Å². The number of hydrogen-bond acceptors (Lipinski definition) is 2. The molecule has 0 radical (unpaired) electrons. The van der Waals surface area contributed by atoms with Gasteiger partial charge in [0.25, 0.3) is 0 Å². The molecular formula is C12H11BrN2. The predicted octanol–water partition coefficient (Wildman–Crippen LogP) is 3.52. The number of halogens is 1. The van der Waals surface area contributed by atoms with Crippen molar-refractivity contribution >= 4 is 15.9 Å². The fraction of sp³-hybridized carbons (Fsp3) is 0.167. The molecule has 0 saturated carbocycles. The van der Waals surface area contributed by atoms with Gasteiger partial charge in [0.05, 0.1) is 0 Å². The van der Waals surface area contributed by atoms with E-state index in [0.29, 0.717) is 0 Å². The molecule has 0 amide bonds. The van der Waals surface area contributed by atoms with Crippen LogP contribution in [0.15, 0.2) is 35.3 Å². The number of rotatable bonds is 1. The molecule has 0 aliphatic rings. The number of aryl methyl sites for hydroxylation is 2. The largest absolute Gasteiger partial charge is 0.244 e. The minimum Gasteiger partial charge on any atom is -0.244 e. The van der Waals surface area contributed by atoms with Gasteiger partial charge in [0.1, 0.15) is 10.9 Å². The van der Waals surface area contributed by atoms with E-state index in [2.05, 4.69) is 57.9 Å². The van der Waals surface area contributed by atoms with Crippen LogP contribution in [0.1, 0.15) is 11.1 Å². The monoisotopic (exact) mass is 262 g/mol. The smallest absolute Gasteiger partial charge is 0.117 e. The van der Waals surface area contributed by atoms with E-state index in [1.54, 1.807) is 0 Å². The fourth-order valence-corrected chi connectivity index (χ4v) is 2.06. The Kier molecular flexibility index (Phi) is 2.82. The second kappa shape index (κ2) is 4.11. The molecule has 1 heterocycles. The predicted molar refractivity (Wildman–Crippen MR) is 64.6 cm³/mol. The molecule has 1 aromatic carbocycles. The summed E-state index contributed by atoms with van der Waals surface area (Å²) in [6, 6.07) is 6.42. The molecule has 3 heteroatoms. The lowest BCUT2D eigenvalue weighted by atomic mass is 10.0. The van der Waals surface area contributed by atoms with Crippen LogP contribution < -0.4 is 0 Å². The first-order valence-electron chi connectivity index (χ1n) is 4.71. The van der Waals surface area contributed by atoms with Gasteiger partial charge in [-0.15, -0.1) is 0 Å². The fourth-order valence-electron chi connectivity index (χ4n) is 1.64. The molecule has 0 aliphatic carbocycles. The van der Waals surface area contributed by atoms with Crippen LogP contribution in [-0.2, 0) is 0 Å². The summed E-state index contributed by atoms with van der Waals surface area (Å²) in [4.78, 5) is 8.16. The number of benzene rings is 1. The van der Waals surface area contributed by atoms with Crippen molar-refractivity contribution in [3.05, 3.63) is 46.5 Å². The molecule has 0 bridgehead atoms. The summed E-state index contributed by atoms with van der Waals surface area (Å²) in [5.41, 5.74) is 4.69. The molecule has 2 nitrogen and oxygen atoms in total. The van der Waals surface area contributed by atoms with E-state index in [4.69, 9.17) is 0 Å². The molecule has 76 valence electrons. The van der Waals surface area contributed by atoms with Crippen molar-refractivity contribution in [2.45, 2.75) is 13.8 Å².